The second-order valence-corrected chi connectivity index (χ2v) is 7.30. The average Bonchev–Trinajstić information content (AvgIpc) is 3.08. The van der Waals surface area contributed by atoms with Crippen molar-refractivity contribution in [2.75, 3.05) is 11.1 Å². The molecule has 3 heterocycles. The highest BCUT2D eigenvalue weighted by Gasteiger charge is 2.24. The van der Waals surface area contributed by atoms with Gasteiger partial charge in [0.05, 0.1) is 17.2 Å². The maximum absolute atomic E-state index is 13.2. The summed E-state index contributed by atoms with van der Waals surface area (Å²) in [5.74, 6) is -0.219. The number of rotatable bonds is 4. The van der Waals surface area contributed by atoms with Gasteiger partial charge in [-0.1, -0.05) is 29.8 Å². The number of carbonyl (C=O) groups is 1. The first-order valence-corrected chi connectivity index (χ1v) is 9.99. The van der Waals surface area contributed by atoms with Gasteiger partial charge in [-0.05, 0) is 48.9 Å². The van der Waals surface area contributed by atoms with Crippen LogP contribution in [0.15, 0.2) is 78.2 Å². The molecule has 0 atom stereocenters. The Morgan fingerprint density at radius 3 is 2.41 bits per heavy atom. The summed E-state index contributed by atoms with van der Waals surface area (Å²) < 4.78 is 1.44. The lowest BCUT2D eigenvalue weighted by Crippen LogP contribution is -2.14. The Labute approximate surface area is 183 Å². The van der Waals surface area contributed by atoms with Crippen LogP contribution in [0.3, 0.4) is 0 Å². The Kier molecular flexibility index (Phi) is 4.79. The number of anilines is 2. The predicted molar refractivity (Wildman–Crippen MR) is 126 cm³/mol. The number of hydrogen-bond donors (Lipinski definition) is 2. The van der Waals surface area contributed by atoms with Crippen molar-refractivity contribution in [3.05, 3.63) is 89.7 Å². The monoisotopic (exact) mass is 421 g/mol. The number of fused-ring (bicyclic) bond motifs is 2. The molecule has 0 bridgehead atoms. The van der Waals surface area contributed by atoms with Crippen molar-refractivity contribution < 1.29 is 4.79 Å². The first-order valence-electron chi connectivity index (χ1n) is 9.99. The zero-order valence-electron chi connectivity index (χ0n) is 17.2. The highest BCUT2D eigenvalue weighted by Crippen LogP contribution is 2.28. The van der Waals surface area contributed by atoms with Crippen LogP contribution >= 0.6 is 0 Å². The summed E-state index contributed by atoms with van der Waals surface area (Å²) in [6.45, 7) is 1.98. The van der Waals surface area contributed by atoms with Crippen molar-refractivity contribution >= 4 is 45.8 Å². The number of nitrogen functional groups attached to an aromatic ring is 1. The Morgan fingerprint density at radius 1 is 1.00 bits per heavy atom. The highest BCUT2D eigenvalue weighted by molar-refractivity contribution is 6.16. The Morgan fingerprint density at radius 2 is 1.69 bits per heavy atom. The third-order valence-electron chi connectivity index (χ3n) is 5.04. The summed E-state index contributed by atoms with van der Waals surface area (Å²) in [5, 5.41) is 7.38. The largest absolute Gasteiger partial charge is 0.383 e. The van der Waals surface area contributed by atoms with Crippen LogP contribution in [0.25, 0.3) is 22.2 Å². The fourth-order valence-electron chi connectivity index (χ4n) is 3.39. The number of carbonyl (C=O) groups excluding carboxylic acids is 1. The highest BCUT2D eigenvalue weighted by atomic mass is 16.1. The molecule has 5 aromatic rings. The molecule has 0 fully saturated rings. The lowest BCUT2D eigenvalue weighted by atomic mass is 10.2. The summed E-state index contributed by atoms with van der Waals surface area (Å²) in [6.07, 6.45) is 4.98. The van der Waals surface area contributed by atoms with E-state index in [2.05, 4.69) is 25.4 Å². The van der Waals surface area contributed by atoms with Crippen LogP contribution < -0.4 is 11.1 Å². The van der Waals surface area contributed by atoms with Gasteiger partial charge in [0.1, 0.15) is 16.9 Å². The molecule has 8 nitrogen and oxygen atoms in total. The van der Waals surface area contributed by atoms with E-state index in [-0.39, 0.29) is 17.3 Å². The number of nitrogens with two attached hydrogens (primary N) is 1. The molecule has 156 valence electrons. The van der Waals surface area contributed by atoms with Crippen LogP contribution in [0, 0.1) is 6.92 Å². The normalized spacial score (nSPS) is 11.4. The molecular formula is C24H19N7O. The molecule has 0 spiro atoms. The fourth-order valence-corrected chi connectivity index (χ4v) is 3.39. The summed E-state index contributed by atoms with van der Waals surface area (Å²) >= 11 is 0. The molecule has 5 rings (SSSR count). The second kappa shape index (κ2) is 7.92. The first kappa shape index (κ1) is 19.4. The van der Waals surface area contributed by atoms with E-state index in [1.54, 1.807) is 18.6 Å². The molecule has 3 aromatic heterocycles. The Bertz CT molecular complexity index is 1470. The molecular weight excluding hydrogens is 402 g/mol. The van der Waals surface area contributed by atoms with Crippen molar-refractivity contribution in [2.24, 2.45) is 5.10 Å². The van der Waals surface area contributed by atoms with Gasteiger partial charge in [-0.2, -0.15) is 9.78 Å². The molecule has 2 aromatic carbocycles. The van der Waals surface area contributed by atoms with Crippen LogP contribution in [0.2, 0.25) is 0 Å². The van der Waals surface area contributed by atoms with Gasteiger partial charge in [-0.15, -0.1) is 0 Å². The number of pyridine rings is 1. The fraction of sp³-hybridized carbons (Fsp3) is 0.0417. The molecule has 0 aliphatic carbocycles. The number of nitrogens with zero attached hydrogens (tertiary/aromatic N) is 5. The third kappa shape index (κ3) is 3.54. The van der Waals surface area contributed by atoms with E-state index >= 15 is 0 Å². The molecule has 8 heteroatoms. The zero-order chi connectivity index (χ0) is 22.1. The van der Waals surface area contributed by atoms with Gasteiger partial charge in [-0.25, -0.2) is 9.97 Å². The SMILES string of the molecule is Cc1ccc(NC(=O)c2c(N)n(/N=C/c3ccncc3)c3nc4ccccc4nc23)cc1. The number of benzene rings is 2. The number of aromatic nitrogens is 4. The molecule has 0 radical (unpaired) electrons. The molecule has 1 amide bonds. The lowest BCUT2D eigenvalue weighted by Gasteiger charge is -2.06. The van der Waals surface area contributed by atoms with E-state index < -0.39 is 0 Å². The number of hydrogen-bond acceptors (Lipinski definition) is 6. The number of amides is 1. The minimum absolute atomic E-state index is 0.158. The number of para-hydroxylation sites is 2. The number of nitrogens with one attached hydrogen (secondary N) is 1. The van der Waals surface area contributed by atoms with Gasteiger partial charge >= 0.3 is 0 Å². The maximum atomic E-state index is 13.2. The van der Waals surface area contributed by atoms with Crippen molar-refractivity contribution in [3.8, 4) is 0 Å². The smallest absolute Gasteiger partial charge is 0.261 e. The van der Waals surface area contributed by atoms with Crippen molar-refractivity contribution in [1.29, 1.82) is 0 Å². The first-order chi connectivity index (χ1) is 15.6. The minimum Gasteiger partial charge on any atom is -0.383 e. The van der Waals surface area contributed by atoms with Gasteiger partial charge < -0.3 is 11.1 Å². The van der Waals surface area contributed by atoms with E-state index in [1.807, 2.05) is 67.6 Å². The Hall–Kier alpha value is -4.59. The average molecular weight is 421 g/mol. The second-order valence-electron chi connectivity index (χ2n) is 7.30. The maximum Gasteiger partial charge on any atom is 0.261 e. The molecule has 0 saturated heterocycles. The standard InChI is InChI=1S/C24H19N7O/c1-15-6-8-17(9-7-15)28-24(32)20-21-23(30-19-5-3-2-4-18(19)29-21)31(22(20)25)27-14-16-10-12-26-13-11-16/h2-14H,25H2,1H3,(H,28,32)/b27-14+. The van der Waals surface area contributed by atoms with E-state index in [1.165, 1.54) is 4.68 Å². The Balaban J connectivity index is 1.66. The van der Waals surface area contributed by atoms with E-state index in [0.29, 0.717) is 27.9 Å². The summed E-state index contributed by atoms with van der Waals surface area (Å²) in [7, 11) is 0. The van der Waals surface area contributed by atoms with Gasteiger partial charge in [0.15, 0.2) is 5.65 Å². The molecule has 3 N–H and O–H groups in total. The molecule has 0 saturated carbocycles. The van der Waals surface area contributed by atoms with E-state index in [0.717, 1.165) is 11.1 Å². The van der Waals surface area contributed by atoms with Crippen molar-refractivity contribution in [3.63, 3.8) is 0 Å². The summed E-state index contributed by atoms with van der Waals surface area (Å²) in [4.78, 5) is 26.6. The summed E-state index contributed by atoms with van der Waals surface area (Å²) in [5.41, 5.74) is 11.4. The van der Waals surface area contributed by atoms with Gasteiger partial charge in [0.2, 0.25) is 0 Å². The molecule has 0 aliphatic heterocycles. The quantitative estimate of drug-likeness (QED) is 0.426. The molecule has 0 aliphatic rings. The van der Waals surface area contributed by atoms with Crippen LogP contribution in [0.5, 0.6) is 0 Å². The summed E-state index contributed by atoms with van der Waals surface area (Å²) in [6, 6.07) is 18.6. The van der Waals surface area contributed by atoms with Crippen molar-refractivity contribution in [1.82, 2.24) is 19.6 Å². The topological polar surface area (TPSA) is 111 Å². The van der Waals surface area contributed by atoms with Gasteiger partial charge in [0.25, 0.3) is 5.91 Å². The number of aryl methyl sites for hydroxylation is 1. The minimum atomic E-state index is -0.376. The van der Waals surface area contributed by atoms with Crippen LogP contribution in [0.1, 0.15) is 21.5 Å². The van der Waals surface area contributed by atoms with Gasteiger partial charge in [0, 0.05) is 18.1 Å². The van der Waals surface area contributed by atoms with Crippen LogP contribution in [-0.2, 0) is 0 Å². The van der Waals surface area contributed by atoms with E-state index in [9.17, 15) is 4.79 Å². The molecule has 0 unspecified atom stereocenters. The zero-order valence-corrected chi connectivity index (χ0v) is 17.2. The third-order valence-corrected chi connectivity index (χ3v) is 5.04. The molecule has 32 heavy (non-hydrogen) atoms. The predicted octanol–water partition coefficient (Wildman–Crippen LogP) is 4.00. The van der Waals surface area contributed by atoms with Gasteiger partial charge in [-0.3, -0.25) is 9.78 Å². The lowest BCUT2D eigenvalue weighted by molar-refractivity contribution is 0.102. The van der Waals surface area contributed by atoms with E-state index in [4.69, 9.17) is 5.73 Å². The van der Waals surface area contributed by atoms with Crippen molar-refractivity contribution in [2.45, 2.75) is 6.92 Å². The van der Waals surface area contributed by atoms with Crippen LogP contribution in [0.4, 0.5) is 11.5 Å². The van der Waals surface area contributed by atoms with Crippen LogP contribution in [-0.4, -0.2) is 31.7 Å².